The molecule has 2 N–H and O–H groups in total. The molecule has 5 nitrogen and oxygen atoms in total. The van der Waals surface area contributed by atoms with Crippen LogP contribution in [0.3, 0.4) is 0 Å². The Bertz CT molecular complexity index is 759. The SMILES string of the molecule is O=C(NCc1ccccc1CN1CCCC1)Nc1nc2c(s1)CCCCC2. The first-order valence-electron chi connectivity index (χ1n) is 10.1. The molecule has 0 spiro atoms. The van der Waals surface area contributed by atoms with Crippen LogP contribution < -0.4 is 10.6 Å². The highest BCUT2D eigenvalue weighted by Gasteiger charge is 2.16. The molecule has 0 bridgehead atoms. The van der Waals surface area contributed by atoms with Gasteiger partial charge in [-0.1, -0.05) is 30.7 Å². The molecule has 144 valence electrons. The van der Waals surface area contributed by atoms with E-state index in [2.05, 4.69) is 38.7 Å². The van der Waals surface area contributed by atoms with Gasteiger partial charge in [0.15, 0.2) is 5.13 Å². The summed E-state index contributed by atoms with van der Waals surface area (Å²) in [7, 11) is 0. The number of hydrogen-bond acceptors (Lipinski definition) is 4. The zero-order valence-corrected chi connectivity index (χ0v) is 16.6. The van der Waals surface area contributed by atoms with Gasteiger partial charge in [0.2, 0.25) is 0 Å². The molecule has 2 heterocycles. The van der Waals surface area contributed by atoms with Crippen molar-refractivity contribution in [2.75, 3.05) is 18.4 Å². The number of nitrogens with zero attached hydrogens (tertiary/aromatic N) is 2. The number of carbonyl (C=O) groups excluding carboxylic acids is 1. The molecule has 4 rings (SSSR count). The van der Waals surface area contributed by atoms with Crippen molar-refractivity contribution in [3.8, 4) is 0 Å². The van der Waals surface area contributed by atoms with Crippen molar-refractivity contribution in [1.29, 1.82) is 0 Å². The average Bonchev–Trinajstić information content (AvgIpc) is 3.26. The summed E-state index contributed by atoms with van der Waals surface area (Å²) in [6, 6.07) is 8.23. The third-order valence-electron chi connectivity index (χ3n) is 5.47. The Morgan fingerprint density at radius 3 is 2.67 bits per heavy atom. The van der Waals surface area contributed by atoms with E-state index in [0.717, 1.165) is 24.5 Å². The van der Waals surface area contributed by atoms with Crippen LogP contribution in [0.15, 0.2) is 24.3 Å². The van der Waals surface area contributed by atoms with Gasteiger partial charge in [-0.05, 0) is 62.7 Å². The highest BCUT2D eigenvalue weighted by Crippen LogP contribution is 2.28. The van der Waals surface area contributed by atoms with Crippen LogP contribution in [-0.2, 0) is 25.9 Å². The fourth-order valence-electron chi connectivity index (χ4n) is 3.96. The lowest BCUT2D eigenvalue weighted by Crippen LogP contribution is -2.29. The number of urea groups is 1. The standard InChI is InChI=1S/C21H28N4OS/c26-20(24-21-23-18-10-2-1-3-11-19(18)27-21)22-14-16-8-4-5-9-17(16)15-25-12-6-7-13-25/h4-5,8-9H,1-3,6-7,10-15H2,(H2,22,23,24,26). The lowest BCUT2D eigenvalue weighted by atomic mass is 10.1. The Hall–Kier alpha value is -1.92. The van der Waals surface area contributed by atoms with Gasteiger partial charge in [-0.15, -0.1) is 11.3 Å². The summed E-state index contributed by atoms with van der Waals surface area (Å²) < 4.78 is 0. The Morgan fingerprint density at radius 1 is 1.04 bits per heavy atom. The maximum absolute atomic E-state index is 12.4. The molecule has 0 saturated carbocycles. The number of anilines is 1. The molecular weight excluding hydrogens is 356 g/mol. The number of aromatic nitrogens is 1. The van der Waals surface area contributed by atoms with Crippen LogP contribution in [0, 0.1) is 0 Å². The van der Waals surface area contributed by atoms with Gasteiger partial charge in [-0.25, -0.2) is 9.78 Å². The largest absolute Gasteiger partial charge is 0.334 e. The van der Waals surface area contributed by atoms with E-state index in [1.165, 1.54) is 66.9 Å². The lowest BCUT2D eigenvalue weighted by molar-refractivity contribution is 0.251. The number of nitrogens with one attached hydrogen (secondary N) is 2. The van der Waals surface area contributed by atoms with Gasteiger partial charge in [0.05, 0.1) is 5.69 Å². The Morgan fingerprint density at radius 2 is 1.81 bits per heavy atom. The third-order valence-corrected chi connectivity index (χ3v) is 6.54. The van der Waals surface area contributed by atoms with Crippen LogP contribution >= 0.6 is 11.3 Å². The Labute approximate surface area is 165 Å². The van der Waals surface area contributed by atoms with Crippen LogP contribution in [-0.4, -0.2) is 29.0 Å². The molecule has 1 aromatic carbocycles. The van der Waals surface area contributed by atoms with Crippen molar-refractivity contribution in [3.05, 3.63) is 46.0 Å². The summed E-state index contributed by atoms with van der Waals surface area (Å²) in [5.41, 5.74) is 3.68. The first-order chi connectivity index (χ1) is 13.3. The number of hydrogen-bond donors (Lipinski definition) is 2. The molecule has 6 heteroatoms. The first-order valence-corrected chi connectivity index (χ1v) is 10.9. The molecule has 2 aromatic rings. The molecule has 2 amide bonds. The predicted octanol–water partition coefficient (Wildman–Crippen LogP) is 4.33. The van der Waals surface area contributed by atoms with E-state index in [-0.39, 0.29) is 6.03 Å². The number of thiazole rings is 1. The maximum Gasteiger partial charge on any atom is 0.321 e. The van der Waals surface area contributed by atoms with Gasteiger partial charge >= 0.3 is 6.03 Å². The number of likely N-dealkylation sites (tertiary alicyclic amines) is 1. The van der Waals surface area contributed by atoms with E-state index in [9.17, 15) is 4.79 Å². The van der Waals surface area contributed by atoms with Gasteiger partial charge in [0.1, 0.15) is 0 Å². The monoisotopic (exact) mass is 384 g/mol. The lowest BCUT2D eigenvalue weighted by Gasteiger charge is -2.17. The number of aryl methyl sites for hydroxylation is 2. The second kappa shape index (κ2) is 8.85. The molecule has 0 atom stereocenters. The molecule has 0 unspecified atom stereocenters. The quantitative estimate of drug-likeness (QED) is 0.755. The number of fused-ring (bicyclic) bond motifs is 1. The van der Waals surface area contributed by atoms with Crippen molar-refractivity contribution in [2.24, 2.45) is 0 Å². The second-order valence-corrected chi connectivity index (χ2v) is 8.59. The minimum Gasteiger partial charge on any atom is -0.334 e. The van der Waals surface area contributed by atoms with Gasteiger partial charge < -0.3 is 5.32 Å². The summed E-state index contributed by atoms with van der Waals surface area (Å²) in [5.74, 6) is 0. The summed E-state index contributed by atoms with van der Waals surface area (Å²) >= 11 is 1.63. The highest BCUT2D eigenvalue weighted by molar-refractivity contribution is 7.15. The van der Waals surface area contributed by atoms with Crippen molar-refractivity contribution < 1.29 is 4.79 Å². The third kappa shape index (κ3) is 4.87. The predicted molar refractivity (Wildman–Crippen MR) is 110 cm³/mol. The van der Waals surface area contributed by atoms with Crippen LogP contribution in [0.5, 0.6) is 0 Å². The van der Waals surface area contributed by atoms with E-state index in [1.54, 1.807) is 11.3 Å². The van der Waals surface area contributed by atoms with Crippen molar-refractivity contribution in [1.82, 2.24) is 15.2 Å². The molecule has 1 aliphatic heterocycles. The van der Waals surface area contributed by atoms with E-state index in [4.69, 9.17) is 0 Å². The van der Waals surface area contributed by atoms with Gasteiger partial charge in [0, 0.05) is 18.0 Å². The van der Waals surface area contributed by atoms with Crippen LogP contribution in [0.1, 0.15) is 53.8 Å². The minimum absolute atomic E-state index is 0.171. The summed E-state index contributed by atoms with van der Waals surface area (Å²) in [6.07, 6.45) is 8.44. The first kappa shape index (κ1) is 18.4. The van der Waals surface area contributed by atoms with Crippen LogP contribution in [0.25, 0.3) is 0 Å². The molecule has 0 radical (unpaired) electrons. The van der Waals surface area contributed by atoms with Crippen molar-refractivity contribution >= 4 is 22.5 Å². The fourth-order valence-corrected chi connectivity index (χ4v) is 5.01. The Kier molecular flexibility index (Phi) is 6.04. The summed E-state index contributed by atoms with van der Waals surface area (Å²) in [5, 5.41) is 6.66. The molecule has 1 fully saturated rings. The molecule has 1 aliphatic carbocycles. The minimum atomic E-state index is -0.171. The van der Waals surface area contributed by atoms with Crippen LogP contribution in [0.4, 0.5) is 9.93 Å². The number of benzene rings is 1. The summed E-state index contributed by atoms with van der Waals surface area (Å²) in [6.45, 7) is 3.87. The normalized spacial score (nSPS) is 17.3. The van der Waals surface area contributed by atoms with E-state index >= 15 is 0 Å². The average molecular weight is 385 g/mol. The van der Waals surface area contributed by atoms with Crippen molar-refractivity contribution in [3.63, 3.8) is 0 Å². The molecule has 2 aliphatic rings. The summed E-state index contributed by atoms with van der Waals surface area (Å²) in [4.78, 5) is 20.8. The number of amides is 2. The number of carbonyl (C=O) groups is 1. The van der Waals surface area contributed by atoms with E-state index in [0.29, 0.717) is 6.54 Å². The molecule has 1 saturated heterocycles. The molecular formula is C21H28N4OS. The smallest absolute Gasteiger partial charge is 0.321 e. The van der Waals surface area contributed by atoms with Crippen molar-refractivity contribution in [2.45, 2.75) is 58.0 Å². The topological polar surface area (TPSA) is 57.3 Å². The number of rotatable bonds is 5. The zero-order chi connectivity index (χ0) is 18.5. The maximum atomic E-state index is 12.4. The van der Waals surface area contributed by atoms with E-state index in [1.807, 2.05) is 6.07 Å². The highest BCUT2D eigenvalue weighted by atomic mass is 32.1. The zero-order valence-electron chi connectivity index (χ0n) is 15.8. The second-order valence-electron chi connectivity index (χ2n) is 7.51. The fraction of sp³-hybridized carbons (Fsp3) is 0.524. The van der Waals surface area contributed by atoms with Gasteiger partial charge in [-0.2, -0.15) is 0 Å². The Balaban J connectivity index is 1.33. The van der Waals surface area contributed by atoms with Gasteiger partial charge in [-0.3, -0.25) is 10.2 Å². The van der Waals surface area contributed by atoms with Gasteiger partial charge in [0.25, 0.3) is 0 Å². The molecule has 1 aromatic heterocycles. The molecule has 27 heavy (non-hydrogen) atoms. The van der Waals surface area contributed by atoms with Crippen LogP contribution in [0.2, 0.25) is 0 Å². The van der Waals surface area contributed by atoms with E-state index < -0.39 is 0 Å².